The molecule has 0 fully saturated rings. The molecule has 0 saturated heterocycles. The molecule has 3 aromatic carbocycles. The van der Waals surface area contributed by atoms with E-state index in [4.69, 9.17) is 14.2 Å². The van der Waals surface area contributed by atoms with Gasteiger partial charge in [0.2, 0.25) is 0 Å². The predicted octanol–water partition coefficient (Wildman–Crippen LogP) is 5.38. The third-order valence-electron chi connectivity index (χ3n) is 4.56. The van der Waals surface area contributed by atoms with Crippen LogP contribution in [0, 0.1) is 10.1 Å². The number of rotatable bonds is 6. The SMILES string of the molecule is COc1ccc(/C=C2\C=C(c3ccc(Oc4ccccc4)cc3)OC2=O)cc1[N+](=O)[O-]. The highest BCUT2D eigenvalue weighted by atomic mass is 16.6. The lowest BCUT2D eigenvalue weighted by molar-refractivity contribution is -0.385. The Balaban J connectivity index is 1.56. The first-order chi connectivity index (χ1) is 15.0. The van der Waals surface area contributed by atoms with Gasteiger partial charge in [-0.1, -0.05) is 24.3 Å². The van der Waals surface area contributed by atoms with Gasteiger partial charge in [0, 0.05) is 11.6 Å². The number of nitro benzene ring substituents is 1. The van der Waals surface area contributed by atoms with Gasteiger partial charge in [0.15, 0.2) is 5.75 Å². The molecular formula is C24H17NO6. The number of methoxy groups -OCH3 is 1. The van der Waals surface area contributed by atoms with E-state index in [0.29, 0.717) is 28.2 Å². The van der Waals surface area contributed by atoms with Gasteiger partial charge >= 0.3 is 11.7 Å². The lowest BCUT2D eigenvalue weighted by Crippen LogP contribution is -1.98. The number of nitro groups is 1. The van der Waals surface area contributed by atoms with Crippen LogP contribution in [0.5, 0.6) is 17.2 Å². The number of esters is 1. The molecule has 0 saturated carbocycles. The fourth-order valence-corrected chi connectivity index (χ4v) is 3.06. The van der Waals surface area contributed by atoms with Gasteiger partial charge in [0.05, 0.1) is 17.6 Å². The molecule has 1 aliphatic heterocycles. The second-order valence-corrected chi connectivity index (χ2v) is 6.63. The summed E-state index contributed by atoms with van der Waals surface area (Å²) in [7, 11) is 1.36. The van der Waals surface area contributed by atoms with Gasteiger partial charge in [-0.05, 0) is 60.2 Å². The third-order valence-corrected chi connectivity index (χ3v) is 4.56. The van der Waals surface area contributed by atoms with Gasteiger partial charge < -0.3 is 14.2 Å². The van der Waals surface area contributed by atoms with Crippen LogP contribution < -0.4 is 9.47 Å². The van der Waals surface area contributed by atoms with Crippen molar-refractivity contribution in [2.45, 2.75) is 0 Å². The molecule has 0 radical (unpaired) electrons. The molecule has 1 heterocycles. The summed E-state index contributed by atoms with van der Waals surface area (Å²) in [6, 6.07) is 21.0. The van der Waals surface area contributed by atoms with Crippen LogP contribution >= 0.6 is 0 Å². The van der Waals surface area contributed by atoms with Crippen molar-refractivity contribution >= 4 is 23.5 Å². The van der Waals surface area contributed by atoms with Crippen LogP contribution in [0.3, 0.4) is 0 Å². The van der Waals surface area contributed by atoms with Crippen LogP contribution in [-0.2, 0) is 9.53 Å². The maximum Gasteiger partial charge on any atom is 0.343 e. The van der Waals surface area contributed by atoms with E-state index in [0.717, 1.165) is 5.75 Å². The molecular weight excluding hydrogens is 398 g/mol. The van der Waals surface area contributed by atoms with E-state index in [1.54, 1.807) is 36.4 Å². The van der Waals surface area contributed by atoms with Gasteiger partial charge in [-0.25, -0.2) is 4.79 Å². The Morgan fingerprint density at radius 2 is 1.68 bits per heavy atom. The molecule has 7 nitrogen and oxygen atoms in total. The van der Waals surface area contributed by atoms with Crippen LogP contribution in [0.1, 0.15) is 11.1 Å². The summed E-state index contributed by atoms with van der Waals surface area (Å²) in [5.41, 5.74) is 1.31. The lowest BCUT2D eigenvalue weighted by atomic mass is 10.1. The van der Waals surface area contributed by atoms with E-state index in [1.807, 2.05) is 30.3 Å². The van der Waals surface area contributed by atoms with Crippen LogP contribution in [0.4, 0.5) is 5.69 Å². The molecule has 7 heteroatoms. The standard InChI is InChI=1S/C24H17NO6/c1-29-22-12-7-16(14-21(22)25(27)28)13-18-15-23(31-24(18)26)17-8-10-20(11-9-17)30-19-5-3-2-4-6-19/h2-15H,1H3/b18-13+. The largest absolute Gasteiger partial charge is 0.490 e. The van der Waals surface area contributed by atoms with E-state index < -0.39 is 10.9 Å². The highest BCUT2D eigenvalue weighted by Gasteiger charge is 2.23. The maximum atomic E-state index is 12.3. The van der Waals surface area contributed by atoms with Crippen molar-refractivity contribution in [2.24, 2.45) is 0 Å². The molecule has 0 aliphatic carbocycles. The molecule has 3 aromatic rings. The number of hydrogen-bond acceptors (Lipinski definition) is 6. The quantitative estimate of drug-likeness (QED) is 0.233. The van der Waals surface area contributed by atoms with Gasteiger partial charge in [0.1, 0.15) is 17.3 Å². The number of para-hydroxylation sites is 1. The Bertz CT molecular complexity index is 1200. The molecule has 4 rings (SSSR count). The Hall–Kier alpha value is -4.39. The normalized spacial score (nSPS) is 14.2. The molecule has 0 atom stereocenters. The highest BCUT2D eigenvalue weighted by Crippen LogP contribution is 2.32. The van der Waals surface area contributed by atoms with Gasteiger partial charge in [-0.3, -0.25) is 10.1 Å². The number of ether oxygens (including phenoxy) is 3. The fraction of sp³-hybridized carbons (Fsp3) is 0.0417. The molecule has 0 N–H and O–H groups in total. The van der Waals surface area contributed by atoms with E-state index in [-0.39, 0.29) is 11.4 Å². The summed E-state index contributed by atoms with van der Waals surface area (Å²) in [4.78, 5) is 23.0. The maximum absolute atomic E-state index is 12.3. The zero-order chi connectivity index (χ0) is 21.8. The number of nitrogens with zero attached hydrogens (tertiary/aromatic N) is 1. The van der Waals surface area contributed by atoms with E-state index in [1.165, 1.54) is 25.3 Å². The minimum Gasteiger partial charge on any atom is -0.490 e. The molecule has 0 aromatic heterocycles. The Morgan fingerprint density at radius 1 is 0.968 bits per heavy atom. The summed E-state index contributed by atoms with van der Waals surface area (Å²) >= 11 is 0. The van der Waals surface area contributed by atoms with Crippen molar-refractivity contribution in [3.8, 4) is 17.2 Å². The first kappa shape index (κ1) is 19.9. The van der Waals surface area contributed by atoms with E-state index in [2.05, 4.69) is 0 Å². The third kappa shape index (κ3) is 4.45. The first-order valence-corrected chi connectivity index (χ1v) is 9.35. The lowest BCUT2D eigenvalue weighted by Gasteiger charge is -2.06. The van der Waals surface area contributed by atoms with Crippen molar-refractivity contribution < 1.29 is 23.9 Å². The van der Waals surface area contributed by atoms with Crippen LogP contribution in [0.15, 0.2) is 84.4 Å². The monoisotopic (exact) mass is 415 g/mol. The van der Waals surface area contributed by atoms with Crippen LogP contribution in [-0.4, -0.2) is 18.0 Å². The second-order valence-electron chi connectivity index (χ2n) is 6.63. The van der Waals surface area contributed by atoms with Crippen LogP contribution in [0.25, 0.3) is 11.8 Å². The number of carbonyl (C=O) groups is 1. The molecule has 0 bridgehead atoms. The van der Waals surface area contributed by atoms with Gasteiger partial charge in [-0.2, -0.15) is 0 Å². The first-order valence-electron chi connectivity index (χ1n) is 9.35. The van der Waals surface area contributed by atoms with E-state index >= 15 is 0 Å². The average molecular weight is 415 g/mol. The highest BCUT2D eigenvalue weighted by molar-refractivity contribution is 6.05. The zero-order valence-corrected chi connectivity index (χ0v) is 16.5. The minimum absolute atomic E-state index is 0.148. The summed E-state index contributed by atoms with van der Waals surface area (Å²) < 4.78 is 16.1. The van der Waals surface area contributed by atoms with Crippen molar-refractivity contribution in [3.63, 3.8) is 0 Å². The van der Waals surface area contributed by atoms with E-state index in [9.17, 15) is 14.9 Å². The number of hydrogen-bond donors (Lipinski definition) is 0. The number of benzene rings is 3. The van der Waals surface area contributed by atoms with Crippen molar-refractivity contribution in [3.05, 3.63) is 106 Å². The second kappa shape index (κ2) is 8.54. The summed E-state index contributed by atoms with van der Waals surface area (Å²) in [6.07, 6.45) is 3.14. The summed E-state index contributed by atoms with van der Waals surface area (Å²) in [5, 5.41) is 11.2. The van der Waals surface area contributed by atoms with Crippen molar-refractivity contribution in [1.82, 2.24) is 0 Å². The summed E-state index contributed by atoms with van der Waals surface area (Å²) in [5.74, 6) is 1.39. The average Bonchev–Trinajstić information content (AvgIpc) is 3.15. The predicted molar refractivity (Wildman–Crippen MR) is 115 cm³/mol. The summed E-state index contributed by atoms with van der Waals surface area (Å²) in [6.45, 7) is 0. The van der Waals surface area contributed by atoms with Gasteiger partial charge in [-0.15, -0.1) is 0 Å². The van der Waals surface area contributed by atoms with Crippen LogP contribution in [0.2, 0.25) is 0 Å². The van der Waals surface area contributed by atoms with Crippen molar-refractivity contribution in [1.29, 1.82) is 0 Å². The molecule has 0 unspecified atom stereocenters. The Morgan fingerprint density at radius 3 is 2.35 bits per heavy atom. The minimum atomic E-state index is -0.534. The number of carbonyl (C=O) groups excluding carboxylic acids is 1. The Kier molecular flexibility index (Phi) is 5.49. The van der Waals surface area contributed by atoms with Crippen molar-refractivity contribution in [2.75, 3.05) is 7.11 Å². The fourth-order valence-electron chi connectivity index (χ4n) is 3.06. The molecule has 0 spiro atoms. The molecule has 154 valence electrons. The Labute approximate surface area is 178 Å². The molecule has 31 heavy (non-hydrogen) atoms. The molecule has 1 aliphatic rings. The number of cyclic esters (lactones) is 1. The zero-order valence-electron chi connectivity index (χ0n) is 16.5. The molecule has 0 amide bonds. The topological polar surface area (TPSA) is 87.9 Å². The van der Waals surface area contributed by atoms with Gasteiger partial charge in [0.25, 0.3) is 0 Å². The smallest absolute Gasteiger partial charge is 0.343 e.